The second kappa shape index (κ2) is 13.5. The molecule has 2 saturated carbocycles. The zero-order valence-electron chi connectivity index (χ0n) is 23.0. The first-order valence-electron chi connectivity index (χ1n) is 14.4. The molecule has 0 unspecified atom stereocenters. The molecule has 0 radical (unpaired) electrons. The van der Waals surface area contributed by atoms with Crippen LogP contribution in [0.5, 0.6) is 0 Å². The van der Waals surface area contributed by atoms with Gasteiger partial charge in [-0.1, -0.05) is 86.2 Å². The normalized spacial score (nSPS) is 16.7. The lowest BCUT2D eigenvalue weighted by atomic mass is 9.95. The minimum absolute atomic E-state index is 0.0656. The molecule has 5 rings (SSSR count). The molecule has 1 atom stereocenters. The number of nitrogens with two attached hydrogens (primary N) is 1. The van der Waals surface area contributed by atoms with Crippen LogP contribution in [0.3, 0.4) is 0 Å². The van der Waals surface area contributed by atoms with E-state index in [-0.39, 0.29) is 40.2 Å². The van der Waals surface area contributed by atoms with Crippen molar-refractivity contribution in [2.75, 3.05) is 5.73 Å². The number of amides is 3. The summed E-state index contributed by atoms with van der Waals surface area (Å²) in [6, 6.07) is 15.7. The summed E-state index contributed by atoms with van der Waals surface area (Å²) >= 11 is 7.10. The summed E-state index contributed by atoms with van der Waals surface area (Å²) in [5.41, 5.74) is 8.18. The topological polar surface area (TPSA) is 117 Å². The van der Waals surface area contributed by atoms with Crippen molar-refractivity contribution in [2.45, 2.75) is 82.5 Å². The number of carbonyl (C=O) groups excluding carboxylic acids is 3. The van der Waals surface area contributed by atoms with Crippen LogP contribution in [0.2, 0.25) is 5.02 Å². The van der Waals surface area contributed by atoms with Crippen LogP contribution in [0.1, 0.15) is 95.1 Å². The van der Waals surface area contributed by atoms with E-state index >= 15 is 0 Å². The van der Waals surface area contributed by atoms with E-state index in [2.05, 4.69) is 15.0 Å². The van der Waals surface area contributed by atoms with Crippen molar-refractivity contribution in [3.05, 3.63) is 81.3 Å². The van der Waals surface area contributed by atoms with Crippen LogP contribution in [0, 0.1) is 0 Å². The third kappa shape index (κ3) is 6.90. The number of nitrogens with one attached hydrogen (secondary N) is 2. The molecule has 3 amide bonds. The maximum absolute atomic E-state index is 14.3. The first kappa shape index (κ1) is 29.1. The number of rotatable bonds is 9. The molecule has 3 aromatic rings. The van der Waals surface area contributed by atoms with Crippen molar-refractivity contribution < 1.29 is 14.4 Å². The van der Waals surface area contributed by atoms with Gasteiger partial charge < -0.3 is 21.3 Å². The highest BCUT2D eigenvalue weighted by Crippen LogP contribution is 2.36. The summed E-state index contributed by atoms with van der Waals surface area (Å²) in [7, 11) is 0. The van der Waals surface area contributed by atoms with E-state index in [0.717, 1.165) is 68.5 Å². The van der Waals surface area contributed by atoms with E-state index < -0.39 is 11.9 Å². The minimum Gasteiger partial charge on any atom is -0.395 e. The highest BCUT2D eigenvalue weighted by Gasteiger charge is 2.40. The SMILES string of the molecule is Nc1c(C(=O)NC2CCCCC2)nsc1C(=O)N(C1CCCC1)[C@H](C(=O)NCc1ccccc1)c1ccc(Cl)cc1. The average molecular weight is 594 g/mol. The van der Waals surface area contributed by atoms with Gasteiger partial charge in [0.15, 0.2) is 5.69 Å². The van der Waals surface area contributed by atoms with Crippen LogP contribution >= 0.6 is 23.1 Å². The Morgan fingerprint density at radius 3 is 2.29 bits per heavy atom. The summed E-state index contributed by atoms with van der Waals surface area (Å²) in [5.74, 6) is -1.04. The van der Waals surface area contributed by atoms with E-state index in [1.807, 2.05) is 30.3 Å². The van der Waals surface area contributed by atoms with Gasteiger partial charge in [0.05, 0.1) is 5.69 Å². The Balaban J connectivity index is 1.45. The fourth-order valence-corrected chi connectivity index (χ4v) is 6.74. The van der Waals surface area contributed by atoms with Gasteiger partial charge in [-0.2, -0.15) is 4.37 Å². The second-order valence-electron chi connectivity index (χ2n) is 10.9. The van der Waals surface area contributed by atoms with Gasteiger partial charge in [-0.3, -0.25) is 14.4 Å². The van der Waals surface area contributed by atoms with Crippen molar-refractivity contribution in [1.29, 1.82) is 0 Å². The van der Waals surface area contributed by atoms with Crippen LogP contribution in [-0.4, -0.2) is 39.1 Å². The largest absolute Gasteiger partial charge is 0.395 e. The number of halogens is 1. The van der Waals surface area contributed by atoms with Crippen molar-refractivity contribution in [3.63, 3.8) is 0 Å². The van der Waals surface area contributed by atoms with Crippen LogP contribution in [0.25, 0.3) is 0 Å². The number of hydrogen-bond donors (Lipinski definition) is 3. The molecule has 10 heteroatoms. The summed E-state index contributed by atoms with van der Waals surface area (Å²) < 4.78 is 4.31. The van der Waals surface area contributed by atoms with Gasteiger partial charge in [-0.15, -0.1) is 0 Å². The maximum Gasteiger partial charge on any atom is 0.273 e. The molecular formula is C31H36ClN5O3S. The molecule has 2 aromatic carbocycles. The Kier molecular flexibility index (Phi) is 9.57. The standard InChI is InChI=1S/C31H36ClN5O3S/c32-22-17-15-21(16-18-22)27(30(39)34-19-20-9-3-1-4-10-20)37(24-13-7-8-14-24)31(40)28-25(33)26(36-41-28)29(38)35-23-11-5-2-6-12-23/h1,3-4,9-10,15-18,23-24,27H,2,5-8,11-14,19,33H2,(H,34,39)(H,35,38)/t27-/m0/s1. The lowest BCUT2D eigenvalue weighted by Gasteiger charge is -2.36. The summed E-state index contributed by atoms with van der Waals surface area (Å²) in [6.45, 7) is 0.324. The zero-order valence-corrected chi connectivity index (χ0v) is 24.6. The fourth-order valence-electron chi connectivity index (χ4n) is 5.87. The lowest BCUT2D eigenvalue weighted by molar-refractivity contribution is -0.126. The number of benzene rings is 2. The van der Waals surface area contributed by atoms with Crippen LogP contribution < -0.4 is 16.4 Å². The maximum atomic E-state index is 14.3. The molecule has 4 N–H and O–H groups in total. The molecule has 0 bridgehead atoms. The molecular weight excluding hydrogens is 558 g/mol. The van der Waals surface area contributed by atoms with Crippen LogP contribution in [0.15, 0.2) is 54.6 Å². The predicted molar refractivity (Wildman–Crippen MR) is 162 cm³/mol. The Labute approximate surface area is 249 Å². The van der Waals surface area contributed by atoms with Crippen LogP contribution in [-0.2, 0) is 11.3 Å². The van der Waals surface area contributed by atoms with Gasteiger partial charge in [0.2, 0.25) is 5.91 Å². The van der Waals surface area contributed by atoms with Crippen molar-refractivity contribution >= 4 is 46.5 Å². The molecule has 2 fully saturated rings. The summed E-state index contributed by atoms with van der Waals surface area (Å²) in [6.07, 6.45) is 8.66. The van der Waals surface area contributed by atoms with E-state index in [9.17, 15) is 14.4 Å². The van der Waals surface area contributed by atoms with E-state index in [1.165, 1.54) is 6.42 Å². The molecule has 8 nitrogen and oxygen atoms in total. The van der Waals surface area contributed by atoms with Gasteiger partial charge in [-0.25, -0.2) is 0 Å². The van der Waals surface area contributed by atoms with Crippen molar-refractivity contribution in [1.82, 2.24) is 19.9 Å². The third-order valence-electron chi connectivity index (χ3n) is 8.05. The van der Waals surface area contributed by atoms with Crippen molar-refractivity contribution in [2.24, 2.45) is 0 Å². The molecule has 2 aliphatic carbocycles. The van der Waals surface area contributed by atoms with E-state index in [1.54, 1.807) is 29.2 Å². The van der Waals surface area contributed by atoms with Gasteiger partial charge in [0, 0.05) is 23.7 Å². The molecule has 1 aromatic heterocycles. The highest BCUT2D eigenvalue weighted by molar-refractivity contribution is 7.09. The monoisotopic (exact) mass is 593 g/mol. The molecule has 0 saturated heterocycles. The Morgan fingerprint density at radius 2 is 1.61 bits per heavy atom. The van der Waals surface area contributed by atoms with E-state index in [0.29, 0.717) is 17.1 Å². The molecule has 1 heterocycles. The zero-order chi connectivity index (χ0) is 28.8. The number of hydrogen-bond acceptors (Lipinski definition) is 6. The van der Waals surface area contributed by atoms with Gasteiger partial charge in [-0.05, 0) is 60.5 Å². The first-order valence-corrected chi connectivity index (χ1v) is 15.5. The molecule has 216 valence electrons. The Hall–Kier alpha value is -3.43. The molecule has 2 aliphatic rings. The average Bonchev–Trinajstić information content (AvgIpc) is 3.66. The summed E-state index contributed by atoms with van der Waals surface area (Å²) in [5, 5.41) is 6.61. The third-order valence-corrected chi connectivity index (χ3v) is 9.16. The first-order chi connectivity index (χ1) is 19.9. The Morgan fingerprint density at radius 1 is 0.951 bits per heavy atom. The molecule has 0 spiro atoms. The van der Waals surface area contributed by atoms with E-state index in [4.69, 9.17) is 17.3 Å². The van der Waals surface area contributed by atoms with Gasteiger partial charge in [0.1, 0.15) is 10.9 Å². The second-order valence-corrected chi connectivity index (χ2v) is 12.1. The number of nitrogen functional groups attached to an aromatic ring is 1. The number of anilines is 1. The lowest BCUT2D eigenvalue weighted by Crippen LogP contribution is -2.48. The number of aromatic nitrogens is 1. The Bertz CT molecular complexity index is 1350. The quantitative estimate of drug-likeness (QED) is 0.286. The van der Waals surface area contributed by atoms with Gasteiger partial charge in [0.25, 0.3) is 11.8 Å². The predicted octanol–water partition coefficient (Wildman–Crippen LogP) is 5.88. The molecule has 41 heavy (non-hydrogen) atoms. The number of nitrogens with zero attached hydrogens (tertiary/aromatic N) is 2. The fraction of sp³-hybridized carbons (Fsp3) is 0.419. The van der Waals surface area contributed by atoms with Gasteiger partial charge >= 0.3 is 0 Å². The minimum atomic E-state index is -0.910. The highest BCUT2D eigenvalue weighted by atomic mass is 35.5. The summed E-state index contributed by atoms with van der Waals surface area (Å²) in [4.78, 5) is 43.1. The van der Waals surface area contributed by atoms with Crippen LogP contribution in [0.4, 0.5) is 5.69 Å². The smallest absolute Gasteiger partial charge is 0.273 e. The van der Waals surface area contributed by atoms with Crippen molar-refractivity contribution in [3.8, 4) is 0 Å². The number of carbonyl (C=O) groups is 3. The molecule has 0 aliphatic heterocycles.